The number of imidazole rings is 1. The van der Waals surface area contributed by atoms with Crippen LogP contribution in [-0.4, -0.2) is 93.2 Å². The minimum atomic E-state index is -0.837. The van der Waals surface area contributed by atoms with E-state index in [1.54, 1.807) is 0 Å². The molecule has 1 amide bonds. The summed E-state index contributed by atoms with van der Waals surface area (Å²) in [5.74, 6) is 0.796. The highest BCUT2D eigenvalue weighted by atomic mass is 79.9. The van der Waals surface area contributed by atoms with E-state index in [2.05, 4.69) is 77.0 Å². The van der Waals surface area contributed by atoms with Crippen LogP contribution in [0, 0.1) is 0 Å². The normalized spacial score (nSPS) is 17.1. The van der Waals surface area contributed by atoms with Gasteiger partial charge in [0.1, 0.15) is 11.3 Å². The summed E-state index contributed by atoms with van der Waals surface area (Å²) in [7, 11) is 0. The molecule has 4 aromatic rings. The molecule has 6 rings (SSSR count). The Labute approximate surface area is 246 Å². The Bertz CT molecular complexity index is 1480. The summed E-state index contributed by atoms with van der Waals surface area (Å²) < 4.78 is 0.958. The van der Waals surface area contributed by atoms with Crippen molar-refractivity contribution in [3.05, 3.63) is 75.4 Å². The number of carbonyl (C=O) groups is 1. The van der Waals surface area contributed by atoms with Gasteiger partial charge in [0.15, 0.2) is 5.65 Å². The third-order valence-electron chi connectivity index (χ3n) is 7.73. The predicted molar refractivity (Wildman–Crippen MR) is 161 cm³/mol. The number of nitrogens with zero attached hydrogens (tertiary/aromatic N) is 6. The summed E-state index contributed by atoms with van der Waals surface area (Å²) in [6.07, 6.45) is 1.01. The second-order valence-corrected chi connectivity index (χ2v) is 11.7. The number of hydrogen-bond acceptors (Lipinski definition) is 6. The Morgan fingerprint density at radius 1 is 0.875 bits per heavy atom. The summed E-state index contributed by atoms with van der Waals surface area (Å²) in [4.78, 5) is 32.7. The Hall–Kier alpha value is -3.18. The van der Waals surface area contributed by atoms with Gasteiger partial charge in [0, 0.05) is 82.2 Å². The summed E-state index contributed by atoms with van der Waals surface area (Å²) in [5, 5.41) is 9.93. The maximum absolute atomic E-state index is 11.2. The van der Waals surface area contributed by atoms with Crippen LogP contribution in [0.4, 0.5) is 10.5 Å². The molecular weight excluding hydrogens is 594 g/mol. The Kier molecular flexibility index (Phi) is 7.93. The molecule has 2 aliphatic heterocycles. The van der Waals surface area contributed by atoms with E-state index < -0.39 is 6.09 Å². The number of piperazine rings is 2. The van der Waals surface area contributed by atoms with Crippen LogP contribution in [0.1, 0.15) is 11.1 Å². The molecule has 40 heavy (non-hydrogen) atoms. The Morgan fingerprint density at radius 3 is 2.05 bits per heavy atom. The number of pyridine rings is 1. The molecule has 2 N–H and O–H groups in total. The van der Waals surface area contributed by atoms with Crippen molar-refractivity contribution >= 4 is 50.5 Å². The number of carboxylic acid groups (broad SMARTS) is 1. The minimum Gasteiger partial charge on any atom is -0.465 e. The molecule has 208 valence electrons. The van der Waals surface area contributed by atoms with Crippen LogP contribution < -0.4 is 4.90 Å². The highest BCUT2D eigenvalue weighted by Crippen LogP contribution is 2.34. The first kappa shape index (κ1) is 27.0. The maximum Gasteiger partial charge on any atom is 0.407 e. The van der Waals surface area contributed by atoms with Crippen molar-refractivity contribution in [2.45, 2.75) is 13.1 Å². The van der Waals surface area contributed by atoms with Crippen LogP contribution >= 0.6 is 27.5 Å². The number of aromatic amines is 1. The number of aromatic nitrogens is 3. The van der Waals surface area contributed by atoms with E-state index in [0.717, 1.165) is 84.4 Å². The number of halogens is 2. The molecule has 4 heterocycles. The van der Waals surface area contributed by atoms with Gasteiger partial charge in [0.25, 0.3) is 0 Å². The van der Waals surface area contributed by atoms with Gasteiger partial charge in [0.05, 0.1) is 10.2 Å². The monoisotopic (exact) mass is 623 g/mol. The first-order valence-electron chi connectivity index (χ1n) is 13.5. The molecule has 0 atom stereocenters. The highest BCUT2D eigenvalue weighted by molar-refractivity contribution is 9.10. The van der Waals surface area contributed by atoms with E-state index in [9.17, 15) is 4.79 Å². The number of nitrogens with one attached hydrogen (secondary N) is 1. The smallest absolute Gasteiger partial charge is 0.407 e. The molecule has 0 radical (unpaired) electrons. The second-order valence-electron chi connectivity index (χ2n) is 10.4. The van der Waals surface area contributed by atoms with Gasteiger partial charge >= 0.3 is 6.09 Å². The zero-order valence-electron chi connectivity index (χ0n) is 22.1. The molecule has 2 fully saturated rings. The predicted octanol–water partition coefficient (Wildman–Crippen LogP) is 5.16. The van der Waals surface area contributed by atoms with E-state index in [-0.39, 0.29) is 0 Å². The average Bonchev–Trinajstić information content (AvgIpc) is 3.40. The van der Waals surface area contributed by atoms with Crippen LogP contribution in [0.2, 0.25) is 5.02 Å². The average molecular weight is 625 g/mol. The molecule has 0 aliphatic carbocycles. The van der Waals surface area contributed by atoms with Crippen LogP contribution in [-0.2, 0) is 13.1 Å². The van der Waals surface area contributed by atoms with E-state index in [0.29, 0.717) is 18.7 Å². The lowest BCUT2D eigenvalue weighted by Gasteiger charge is -2.36. The van der Waals surface area contributed by atoms with Crippen LogP contribution in [0.15, 0.2) is 59.2 Å². The SMILES string of the molecule is O=C(O)N1CCN(Cc2ccc(-c3nc4ncc(Br)c(N5CCN(Cc6ccc(Cl)cc6)CC5)c4[nH]3)cc2)CC1. The van der Waals surface area contributed by atoms with Gasteiger partial charge in [-0.3, -0.25) is 9.80 Å². The highest BCUT2D eigenvalue weighted by Gasteiger charge is 2.24. The van der Waals surface area contributed by atoms with Gasteiger partial charge in [-0.25, -0.2) is 14.8 Å². The fourth-order valence-electron chi connectivity index (χ4n) is 5.47. The number of amides is 1. The molecule has 11 heteroatoms. The van der Waals surface area contributed by atoms with E-state index in [1.165, 1.54) is 16.0 Å². The van der Waals surface area contributed by atoms with Gasteiger partial charge in [-0.15, -0.1) is 0 Å². The number of rotatable bonds is 6. The number of H-pyrrole nitrogens is 1. The lowest BCUT2D eigenvalue weighted by molar-refractivity contribution is 0.103. The molecule has 2 aliphatic rings. The third kappa shape index (κ3) is 5.95. The summed E-state index contributed by atoms with van der Waals surface area (Å²) in [6.45, 7) is 8.07. The first-order valence-corrected chi connectivity index (χ1v) is 14.7. The van der Waals surface area contributed by atoms with Gasteiger partial charge in [-0.05, 0) is 39.2 Å². The van der Waals surface area contributed by atoms with E-state index in [4.69, 9.17) is 21.7 Å². The van der Waals surface area contributed by atoms with E-state index in [1.807, 2.05) is 18.3 Å². The van der Waals surface area contributed by atoms with Gasteiger partial charge < -0.3 is 19.9 Å². The Balaban J connectivity index is 1.13. The summed E-state index contributed by atoms with van der Waals surface area (Å²) >= 11 is 9.79. The van der Waals surface area contributed by atoms with Crippen molar-refractivity contribution in [1.82, 2.24) is 29.7 Å². The maximum atomic E-state index is 11.2. The third-order valence-corrected chi connectivity index (χ3v) is 8.56. The van der Waals surface area contributed by atoms with Gasteiger partial charge in [-0.2, -0.15) is 0 Å². The molecule has 0 unspecified atom stereocenters. The van der Waals surface area contributed by atoms with Gasteiger partial charge in [-0.1, -0.05) is 48.0 Å². The fourth-order valence-corrected chi connectivity index (χ4v) is 6.15. The summed E-state index contributed by atoms with van der Waals surface area (Å²) in [5.41, 5.74) is 6.23. The summed E-state index contributed by atoms with van der Waals surface area (Å²) in [6, 6.07) is 16.5. The standard InChI is InChI=1S/C29H31BrClN7O2/c30-24-17-32-28-25(26(24)37-13-9-35(10-14-37)19-21-3-7-23(31)8-4-21)33-27(34-28)22-5-1-20(2-6-22)18-36-11-15-38(16-12-36)29(39)40/h1-8,17H,9-16,18-19H2,(H,39,40)(H,32,33,34). The van der Waals surface area contributed by atoms with Crippen molar-refractivity contribution in [1.29, 1.82) is 0 Å². The molecule has 2 saturated heterocycles. The first-order chi connectivity index (χ1) is 19.4. The molecule has 0 spiro atoms. The van der Waals surface area contributed by atoms with Crippen molar-refractivity contribution in [2.24, 2.45) is 0 Å². The van der Waals surface area contributed by atoms with Crippen LogP contribution in [0.25, 0.3) is 22.6 Å². The van der Waals surface area contributed by atoms with Crippen LogP contribution in [0.3, 0.4) is 0 Å². The number of benzene rings is 2. The minimum absolute atomic E-state index is 0.550. The molecule has 0 saturated carbocycles. The number of hydrogen-bond donors (Lipinski definition) is 2. The molecule has 2 aromatic heterocycles. The number of anilines is 1. The second kappa shape index (κ2) is 11.7. The lowest BCUT2D eigenvalue weighted by atomic mass is 10.1. The molecule has 0 bridgehead atoms. The van der Waals surface area contributed by atoms with Gasteiger partial charge in [0.2, 0.25) is 0 Å². The Morgan fingerprint density at radius 2 is 1.45 bits per heavy atom. The largest absolute Gasteiger partial charge is 0.465 e. The zero-order valence-corrected chi connectivity index (χ0v) is 24.4. The number of fused-ring (bicyclic) bond motifs is 1. The van der Waals surface area contributed by atoms with Crippen LogP contribution in [0.5, 0.6) is 0 Å². The van der Waals surface area contributed by atoms with Crippen molar-refractivity contribution < 1.29 is 9.90 Å². The molecule has 9 nitrogen and oxygen atoms in total. The van der Waals surface area contributed by atoms with Crippen molar-refractivity contribution in [3.8, 4) is 11.4 Å². The van der Waals surface area contributed by atoms with Crippen molar-refractivity contribution in [3.63, 3.8) is 0 Å². The molecule has 2 aromatic carbocycles. The zero-order chi connectivity index (χ0) is 27.6. The van der Waals surface area contributed by atoms with Crippen molar-refractivity contribution in [2.75, 3.05) is 57.3 Å². The fraction of sp³-hybridized carbons (Fsp3) is 0.345. The lowest BCUT2D eigenvalue weighted by Crippen LogP contribution is -2.47. The molecular formula is C29H31BrClN7O2. The quantitative estimate of drug-likeness (QED) is 0.306. The topological polar surface area (TPSA) is 91.8 Å². The van der Waals surface area contributed by atoms with E-state index >= 15 is 0 Å².